The fourth-order valence-electron chi connectivity index (χ4n) is 3.19. The standard InChI is InChI=1S/C22H20N2O3S/c1-2-3-10-24-18-9-8-16(23-21(25)11-15-13-27-14-15)12-20(18)28-19-7-5-4-6-17(19)22(24)26/h4-9,12,15H,10-11,13-14H2,1H3,(H,23,25). The Balaban J connectivity index is 1.65. The van der Waals surface area contributed by atoms with Gasteiger partial charge in [0.1, 0.15) is 0 Å². The van der Waals surface area contributed by atoms with E-state index in [2.05, 4.69) is 17.2 Å². The van der Waals surface area contributed by atoms with E-state index in [1.54, 1.807) is 11.8 Å². The molecule has 0 spiro atoms. The average molecular weight is 392 g/mol. The fourth-order valence-corrected chi connectivity index (χ4v) is 4.31. The van der Waals surface area contributed by atoms with Gasteiger partial charge in [0.15, 0.2) is 0 Å². The van der Waals surface area contributed by atoms with Crippen molar-refractivity contribution >= 4 is 35.0 Å². The van der Waals surface area contributed by atoms with Gasteiger partial charge in [-0.05, 0) is 37.3 Å². The molecule has 1 N–H and O–H groups in total. The van der Waals surface area contributed by atoms with Crippen molar-refractivity contribution in [2.75, 3.05) is 30.0 Å². The summed E-state index contributed by atoms with van der Waals surface area (Å²) in [4.78, 5) is 28.9. The zero-order valence-corrected chi connectivity index (χ0v) is 16.3. The summed E-state index contributed by atoms with van der Waals surface area (Å²) in [6, 6.07) is 13.2. The van der Waals surface area contributed by atoms with E-state index >= 15 is 0 Å². The van der Waals surface area contributed by atoms with E-state index in [0.717, 1.165) is 21.2 Å². The molecule has 142 valence electrons. The van der Waals surface area contributed by atoms with Gasteiger partial charge in [0.05, 0.1) is 31.0 Å². The molecule has 5 nitrogen and oxygen atoms in total. The fraction of sp³-hybridized carbons (Fsp3) is 0.273. The lowest BCUT2D eigenvalue weighted by atomic mass is 10.0. The van der Waals surface area contributed by atoms with Crippen LogP contribution in [0.5, 0.6) is 0 Å². The van der Waals surface area contributed by atoms with Crippen LogP contribution in [0.3, 0.4) is 0 Å². The predicted molar refractivity (Wildman–Crippen MR) is 110 cm³/mol. The van der Waals surface area contributed by atoms with Gasteiger partial charge in [-0.2, -0.15) is 0 Å². The lowest BCUT2D eigenvalue weighted by molar-refractivity contribution is -0.121. The van der Waals surface area contributed by atoms with Crippen molar-refractivity contribution in [3.8, 4) is 11.8 Å². The number of ether oxygens (including phenoxy) is 1. The van der Waals surface area contributed by atoms with Crippen LogP contribution in [0.2, 0.25) is 0 Å². The number of amides is 2. The summed E-state index contributed by atoms with van der Waals surface area (Å²) in [6.07, 6.45) is 0.462. The topological polar surface area (TPSA) is 58.6 Å². The minimum absolute atomic E-state index is 0.0166. The Hall–Kier alpha value is -2.75. The lowest BCUT2D eigenvalue weighted by Crippen LogP contribution is -2.32. The first-order valence-electron chi connectivity index (χ1n) is 9.15. The molecular weight excluding hydrogens is 372 g/mol. The van der Waals surface area contributed by atoms with Crippen LogP contribution in [0, 0.1) is 17.8 Å². The molecule has 0 aromatic heterocycles. The van der Waals surface area contributed by atoms with Gasteiger partial charge >= 0.3 is 0 Å². The minimum atomic E-state index is -0.0635. The van der Waals surface area contributed by atoms with Crippen LogP contribution in [0.15, 0.2) is 52.3 Å². The van der Waals surface area contributed by atoms with E-state index in [-0.39, 0.29) is 11.8 Å². The number of hydrogen-bond donors (Lipinski definition) is 1. The molecule has 0 bridgehead atoms. The molecule has 0 saturated carbocycles. The molecule has 2 aliphatic heterocycles. The first-order chi connectivity index (χ1) is 13.7. The van der Waals surface area contributed by atoms with Crippen molar-refractivity contribution in [2.45, 2.75) is 23.1 Å². The van der Waals surface area contributed by atoms with Gasteiger partial charge in [-0.25, -0.2) is 0 Å². The van der Waals surface area contributed by atoms with E-state index < -0.39 is 0 Å². The van der Waals surface area contributed by atoms with Gasteiger partial charge in [-0.15, -0.1) is 5.92 Å². The maximum atomic E-state index is 13.1. The summed E-state index contributed by atoms with van der Waals surface area (Å²) >= 11 is 1.53. The molecule has 0 radical (unpaired) electrons. The van der Waals surface area contributed by atoms with Crippen molar-refractivity contribution < 1.29 is 14.3 Å². The summed E-state index contributed by atoms with van der Waals surface area (Å²) in [7, 11) is 0. The number of carbonyl (C=O) groups excluding carboxylic acids is 2. The number of fused-ring (bicyclic) bond motifs is 2. The molecule has 0 atom stereocenters. The number of anilines is 2. The molecule has 6 heteroatoms. The number of rotatable bonds is 4. The second-order valence-corrected chi connectivity index (χ2v) is 7.84. The van der Waals surface area contributed by atoms with Crippen LogP contribution in [0.25, 0.3) is 0 Å². The van der Waals surface area contributed by atoms with Gasteiger partial charge in [0.2, 0.25) is 5.91 Å². The number of hydrogen-bond acceptors (Lipinski definition) is 4. The highest BCUT2D eigenvalue weighted by molar-refractivity contribution is 7.99. The van der Waals surface area contributed by atoms with E-state index in [1.165, 1.54) is 11.8 Å². The van der Waals surface area contributed by atoms with Crippen molar-refractivity contribution in [1.82, 2.24) is 0 Å². The second-order valence-electron chi connectivity index (χ2n) is 6.75. The van der Waals surface area contributed by atoms with Gasteiger partial charge in [-0.3, -0.25) is 14.5 Å². The Labute approximate surface area is 168 Å². The third-order valence-electron chi connectivity index (χ3n) is 4.71. The molecule has 4 rings (SSSR count). The molecule has 0 aliphatic carbocycles. The summed E-state index contributed by atoms with van der Waals surface area (Å²) in [6.45, 7) is 3.39. The van der Waals surface area contributed by atoms with Gasteiger partial charge in [0, 0.05) is 27.8 Å². The Morgan fingerprint density at radius 2 is 2.07 bits per heavy atom. The average Bonchev–Trinajstić information content (AvgIpc) is 2.77. The van der Waals surface area contributed by atoms with Crippen LogP contribution in [-0.4, -0.2) is 31.6 Å². The highest BCUT2D eigenvalue weighted by atomic mass is 32.2. The molecule has 2 aliphatic rings. The van der Waals surface area contributed by atoms with Crippen LogP contribution < -0.4 is 10.2 Å². The third-order valence-corrected chi connectivity index (χ3v) is 5.83. The van der Waals surface area contributed by atoms with Crippen molar-refractivity contribution in [3.05, 3.63) is 48.0 Å². The van der Waals surface area contributed by atoms with Crippen molar-refractivity contribution in [3.63, 3.8) is 0 Å². The first-order valence-corrected chi connectivity index (χ1v) is 9.97. The summed E-state index contributed by atoms with van der Waals surface area (Å²) < 4.78 is 5.13. The number of nitrogens with one attached hydrogen (secondary N) is 1. The van der Waals surface area contributed by atoms with Gasteiger partial charge in [-0.1, -0.05) is 29.8 Å². The van der Waals surface area contributed by atoms with E-state index in [9.17, 15) is 9.59 Å². The Morgan fingerprint density at radius 1 is 1.25 bits per heavy atom. The normalized spacial score (nSPS) is 15.5. The quantitative estimate of drug-likeness (QED) is 0.804. The van der Waals surface area contributed by atoms with E-state index in [4.69, 9.17) is 4.74 Å². The van der Waals surface area contributed by atoms with Crippen molar-refractivity contribution in [2.24, 2.45) is 5.92 Å². The van der Waals surface area contributed by atoms with Crippen LogP contribution in [0.4, 0.5) is 11.4 Å². The summed E-state index contributed by atoms with van der Waals surface area (Å²) in [5.74, 6) is 6.08. The Bertz CT molecular complexity index is 989. The third kappa shape index (κ3) is 3.77. The Kier molecular flexibility index (Phi) is 5.38. The number of benzene rings is 2. The zero-order valence-electron chi connectivity index (χ0n) is 15.5. The maximum absolute atomic E-state index is 13.1. The van der Waals surface area contributed by atoms with E-state index in [1.807, 2.05) is 42.5 Å². The monoisotopic (exact) mass is 392 g/mol. The highest BCUT2D eigenvalue weighted by Crippen LogP contribution is 2.42. The molecule has 1 saturated heterocycles. The predicted octanol–water partition coefficient (Wildman–Crippen LogP) is 3.80. The smallest absolute Gasteiger partial charge is 0.260 e. The zero-order chi connectivity index (χ0) is 19.5. The Morgan fingerprint density at radius 3 is 2.82 bits per heavy atom. The molecule has 2 aromatic rings. The maximum Gasteiger partial charge on any atom is 0.260 e. The molecule has 2 heterocycles. The molecule has 28 heavy (non-hydrogen) atoms. The largest absolute Gasteiger partial charge is 0.381 e. The minimum Gasteiger partial charge on any atom is -0.381 e. The van der Waals surface area contributed by atoms with Crippen molar-refractivity contribution in [1.29, 1.82) is 0 Å². The SMILES string of the molecule is CC#CCN1C(=O)c2ccccc2Sc2cc(NC(=O)CC3COC3)ccc21. The number of nitrogens with zero attached hydrogens (tertiary/aromatic N) is 1. The molecular formula is C22H20N2O3S. The second kappa shape index (κ2) is 8.09. The van der Waals surface area contributed by atoms with Crippen LogP contribution in [0.1, 0.15) is 23.7 Å². The summed E-state index contributed by atoms with van der Waals surface area (Å²) in [5, 5.41) is 2.97. The molecule has 0 unspecified atom stereocenters. The highest BCUT2D eigenvalue weighted by Gasteiger charge is 2.27. The molecule has 2 aromatic carbocycles. The van der Waals surface area contributed by atoms with Crippen LogP contribution in [-0.2, 0) is 9.53 Å². The van der Waals surface area contributed by atoms with E-state index in [0.29, 0.717) is 37.7 Å². The first kappa shape index (κ1) is 18.6. The van der Waals surface area contributed by atoms with Gasteiger partial charge in [0.25, 0.3) is 5.91 Å². The molecule has 2 amide bonds. The van der Waals surface area contributed by atoms with Crippen LogP contribution >= 0.6 is 11.8 Å². The summed E-state index contributed by atoms with van der Waals surface area (Å²) in [5.41, 5.74) is 2.20. The van der Waals surface area contributed by atoms with Gasteiger partial charge < -0.3 is 10.1 Å². The lowest BCUT2D eigenvalue weighted by Gasteiger charge is -2.25. The molecule has 1 fully saturated rings. The number of carbonyl (C=O) groups is 2.